The summed E-state index contributed by atoms with van der Waals surface area (Å²) in [5, 5.41) is 2.33. The smallest absolute Gasteiger partial charge is 0.137 e. The second-order valence-electron chi connectivity index (χ2n) is 27.8. The van der Waals surface area contributed by atoms with Gasteiger partial charge < -0.3 is 14.5 Å². The number of rotatable bonds is 7. The molecule has 3 aromatic heterocycles. The van der Waals surface area contributed by atoms with E-state index in [9.17, 15) is 0 Å². The van der Waals surface area contributed by atoms with Gasteiger partial charge in [0.25, 0.3) is 0 Å². The van der Waals surface area contributed by atoms with Gasteiger partial charge in [-0.15, -0.1) is 0 Å². The Labute approximate surface area is 460 Å². The maximum absolute atomic E-state index is 6.92. The van der Waals surface area contributed by atoms with Gasteiger partial charge >= 0.3 is 0 Å². The van der Waals surface area contributed by atoms with Crippen molar-refractivity contribution in [3.63, 3.8) is 0 Å². The summed E-state index contributed by atoms with van der Waals surface area (Å²) in [6.07, 6.45) is 5.90. The molecule has 0 fully saturated rings. The number of benzene rings is 6. The Kier molecular flexibility index (Phi) is 13.0. The number of nitrogens with zero attached hydrogens (tertiary/aromatic N) is 5. The Bertz CT molecular complexity index is 3620. The molecule has 77 heavy (non-hydrogen) atoms. The van der Waals surface area contributed by atoms with Crippen molar-refractivity contribution < 1.29 is 4.74 Å². The molecule has 0 atom stereocenters. The summed E-state index contributed by atoms with van der Waals surface area (Å²) in [4.78, 5) is 14.7. The van der Waals surface area contributed by atoms with Crippen molar-refractivity contribution in [3.05, 3.63) is 185 Å². The molecule has 0 unspecified atom stereocenters. The van der Waals surface area contributed by atoms with Crippen molar-refractivity contribution in [3.8, 4) is 39.6 Å². The Balaban J connectivity index is 1.15. The predicted molar refractivity (Wildman–Crippen MR) is 328 cm³/mol. The van der Waals surface area contributed by atoms with Crippen LogP contribution < -0.4 is 14.5 Å². The number of hydrogen-bond donors (Lipinski definition) is 0. The largest absolute Gasteiger partial charge is 0.457 e. The van der Waals surface area contributed by atoms with E-state index in [4.69, 9.17) is 14.7 Å². The summed E-state index contributed by atoms with van der Waals surface area (Å²) in [5.41, 5.74) is 18.9. The lowest BCUT2D eigenvalue weighted by molar-refractivity contribution is 0.483. The van der Waals surface area contributed by atoms with Gasteiger partial charge in [0.15, 0.2) is 0 Å². The van der Waals surface area contributed by atoms with E-state index in [1.165, 1.54) is 66.7 Å². The summed E-state index contributed by atoms with van der Waals surface area (Å²) < 4.78 is 9.19. The predicted octanol–water partition coefficient (Wildman–Crippen LogP) is 19.7. The Hall–Kier alpha value is -7.18. The summed E-state index contributed by atoms with van der Waals surface area (Å²) in [5.74, 6) is 2.39. The third kappa shape index (κ3) is 10.2. The highest BCUT2D eigenvalue weighted by molar-refractivity contribution is 6.09. The fourth-order valence-corrected chi connectivity index (χ4v) is 11.1. The zero-order chi connectivity index (χ0) is 55.4. The van der Waals surface area contributed by atoms with Crippen LogP contribution >= 0.6 is 0 Å². The van der Waals surface area contributed by atoms with Gasteiger partial charge in [-0.05, 0) is 138 Å². The second kappa shape index (κ2) is 18.8. The van der Waals surface area contributed by atoms with Crippen LogP contribution in [0.3, 0.4) is 0 Å². The Morgan fingerprint density at radius 3 is 1.55 bits per heavy atom. The monoisotopic (exact) mass is 1020 g/mol. The lowest BCUT2D eigenvalue weighted by Gasteiger charge is -2.34. The van der Waals surface area contributed by atoms with Crippen LogP contribution in [0.2, 0.25) is 0 Å². The van der Waals surface area contributed by atoms with E-state index in [0.29, 0.717) is 6.67 Å². The molecule has 6 heteroatoms. The molecule has 9 aromatic rings. The van der Waals surface area contributed by atoms with Gasteiger partial charge in [0, 0.05) is 52.1 Å². The minimum Gasteiger partial charge on any atom is -0.457 e. The van der Waals surface area contributed by atoms with Crippen LogP contribution in [-0.2, 0) is 32.5 Å². The van der Waals surface area contributed by atoms with E-state index in [1.807, 2.05) is 18.6 Å². The van der Waals surface area contributed by atoms with E-state index < -0.39 is 0 Å². The van der Waals surface area contributed by atoms with Crippen LogP contribution in [0.15, 0.2) is 152 Å². The molecule has 0 saturated carbocycles. The van der Waals surface area contributed by atoms with Crippen LogP contribution in [0.25, 0.3) is 49.9 Å². The normalized spacial score (nSPS) is 13.7. The third-order valence-corrected chi connectivity index (χ3v) is 15.7. The molecular formula is C71H81N5O. The molecule has 0 spiro atoms. The van der Waals surface area contributed by atoms with Crippen LogP contribution in [0.5, 0.6) is 11.5 Å². The van der Waals surface area contributed by atoms with Crippen LogP contribution in [0, 0.1) is 0 Å². The molecule has 6 aromatic carbocycles. The van der Waals surface area contributed by atoms with E-state index >= 15 is 0 Å². The molecule has 0 bridgehead atoms. The van der Waals surface area contributed by atoms with Crippen molar-refractivity contribution >= 4 is 44.6 Å². The SMILES string of the molecule is CC(C)(C)c1ccnc(-n2c3ccccc3c3ccc(Oc4cccc(N5CN(c6c(-c7ccc(C(C)(C)C)cc7C(C)(C)C)cc(C(C)(C)C)cc6-c6ccc(C(C)(C)C)cc6C(C)(C)C)c6ccncc65)c4)cc32)c1. The average molecular weight is 1020 g/mol. The lowest BCUT2D eigenvalue weighted by atomic mass is 9.74. The number of para-hydroxylation sites is 1. The first-order chi connectivity index (χ1) is 36.0. The van der Waals surface area contributed by atoms with Crippen molar-refractivity contribution in [2.24, 2.45) is 0 Å². The highest BCUT2D eigenvalue weighted by Crippen LogP contribution is 2.54. The number of ether oxygens (including phenoxy) is 1. The van der Waals surface area contributed by atoms with Gasteiger partial charge in [0.1, 0.15) is 24.0 Å². The van der Waals surface area contributed by atoms with Crippen LogP contribution in [0.4, 0.5) is 22.7 Å². The molecule has 396 valence electrons. The summed E-state index contributed by atoms with van der Waals surface area (Å²) in [6, 6.07) is 49.6. The van der Waals surface area contributed by atoms with Crippen molar-refractivity contribution in [2.45, 2.75) is 157 Å². The number of pyridine rings is 2. The van der Waals surface area contributed by atoms with Crippen LogP contribution in [0.1, 0.15) is 158 Å². The number of fused-ring (bicyclic) bond motifs is 4. The minimum atomic E-state index is -0.147. The van der Waals surface area contributed by atoms with Gasteiger partial charge in [-0.1, -0.05) is 185 Å². The lowest BCUT2D eigenvalue weighted by Crippen LogP contribution is -2.26. The first-order valence-corrected chi connectivity index (χ1v) is 27.7. The highest BCUT2D eigenvalue weighted by atomic mass is 16.5. The van der Waals surface area contributed by atoms with E-state index in [-0.39, 0.29) is 32.5 Å². The van der Waals surface area contributed by atoms with E-state index in [2.05, 4.69) is 272 Å². The molecule has 10 rings (SSSR count). The molecule has 0 N–H and O–H groups in total. The molecule has 4 heterocycles. The first-order valence-electron chi connectivity index (χ1n) is 27.7. The molecule has 1 aliphatic rings. The fourth-order valence-electron chi connectivity index (χ4n) is 11.1. The third-order valence-electron chi connectivity index (χ3n) is 15.7. The van der Waals surface area contributed by atoms with Gasteiger partial charge in [-0.25, -0.2) is 4.98 Å². The molecule has 0 radical (unpaired) electrons. The standard InChI is InChI=1S/C71H81N5O/c1-66(2,3)45-26-29-52(58(38-45)70(13,14)15)56-36-48(69(10,11)12)37-57(53-30-27-46(67(4,5)6)39-59(53)71(16,17)18)65(56)75-44-74(63-43-72-34-33-61(63)75)49-22-21-23-50(41-49)77-51-28-31-55-54-24-19-20-25-60(54)76(62(55)42-51)64-40-47(32-35-73-64)68(7,8)9/h19-43H,44H2,1-18H3. The first kappa shape index (κ1) is 53.2. The summed E-state index contributed by atoms with van der Waals surface area (Å²) in [7, 11) is 0. The van der Waals surface area contributed by atoms with Crippen molar-refractivity contribution in [1.82, 2.24) is 14.5 Å². The van der Waals surface area contributed by atoms with Gasteiger partial charge in [-0.2, -0.15) is 0 Å². The maximum atomic E-state index is 6.92. The molecular weight excluding hydrogens is 939 g/mol. The van der Waals surface area contributed by atoms with E-state index in [1.54, 1.807) is 0 Å². The molecule has 0 saturated heterocycles. The zero-order valence-electron chi connectivity index (χ0n) is 49.3. The Morgan fingerprint density at radius 1 is 0.403 bits per heavy atom. The maximum Gasteiger partial charge on any atom is 0.137 e. The highest BCUT2D eigenvalue weighted by Gasteiger charge is 2.36. The van der Waals surface area contributed by atoms with Crippen molar-refractivity contribution in [2.75, 3.05) is 16.5 Å². The summed E-state index contributed by atoms with van der Waals surface area (Å²) >= 11 is 0. The van der Waals surface area contributed by atoms with E-state index in [0.717, 1.165) is 50.8 Å². The number of anilines is 4. The fraction of sp³-hybridized carbons (Fsp3) is 0.352. The molecule has 6 nitrogen and oxygen atoms in total. The second-order valence-corrected chi connectivity index (χ2v) is 27.8. The zero-order valence-corrected chi connectivity index (χ0v) is 49.3. The molecule has 0 aliphatic carbocycles. The van der Waals surface area contributed by atoms with Gasteiger partial charge in [0.05, 0.1) is 34.3 Å². The topological polar surface area (TPSA) is 46.4 Å². The number of aromatic nitrogens is 3. The van der Waals surface area contributed by atoms with Crippen LogP contribution in [-0.4, -0.2) is 21.2 Å². The van der Waals surface area contributed by atoms with Crippen molar-refractivity contribution in [1.29, 1.82) is 0 Å². The molecule has 1 aliphatic heterocycles. The quantitative estimate of drug-likeness (QED) is 0.159. The van der Waals surface area contributed by atoms with Gasteiger partial charge in [-0.3, -0.25) is 9.55 Å². The number of hydrogen-bond acceptors (Lipinski definition) is 5. The van der Waals surface area contributed by atoms with Gasteiger partial charge in [0.2, 0.25) is 0 Å². The minimum absolute atomic E-state index is 0.0152. The Morgan fingerprint density at radius 2 is 0.961 bits per heavy atom. The summed E-state index contributed by atoms with van der Waals surface area (Å²) in [6.45, 7) is 42.5. The molecule has 0 amide bonds. The average Bonchev–Trinajstić information content (AvgIpc) is 3.98.